The van der Waals surface area contributed by atoms with E-state index in [0.717, 1.165) is 50.1 Å². The van der Waals surface area contributed by atoms with Gasteiger partial charge < -0.3 is 9.32 Å². The SMILES string of the molecule is c1ccc(N(c2ccc(-c3ccc4c(c3)C(c3ccccc3)(c3ccccc3)c3c-4sc4ccccc34)cc2)c2ccc(-c3ccc4oc5ccccc5c4c3)cc2)cc1. The summed E-state index contributed by atoms with van der Waals surface area (Å²) in [5.74, 6) is 0. The zero-order valence-corrected chi connectivity index (χ0v) is 33.4. The number of hydrogen-bond donors (Lipinski definition) is 0. The predicted octanol–water partition coefficient (Wildman–Crippen LogP) is 16.0. The van der Waals surface area contributed by atoms with E-state index in [9.17, 15) is 0 Å². The highest BCUT2D eigenvalue weighted by Gasteiger charge is 2.48. The maximum Gasteiger partial charge on any atom is 0.135 e. The molecule has 1 aliphatic rings. The van der Waals surface area contributed by atoms with Gasteiger partial charge in [0.15, 0.2) is 0 Å². The fourth-order valence-electron chi connectivity index (χ4n) is 9.65. The van der Waals surface area contributed by atoms with Gasteiger partial charge in [0.05, 0.1) is 5.41 Å². The van der Waals surface area contributed by atoms with Crippen molar-refractivity contribution in [2.45, 2.75) is 5.41 Å². The van der Waals surface area contributed by atoms with Gasteiger partial charge in [0.1, 0.15) is 11.2 Å². The Kier molecular flexibility index (Phi) is 7.97. The van der Waals surface area contributed by atoms with E-state index in [4.69, 9.17) is 4.42 Å². The van der Waals surface area contributed by atoms with Crippen LogP contribution in [0.15, 0.2) is 229 Å². The van der Waals surface area contributed by atoms with Crippen LogP contribution < -0.4 is 4.90 Å². The smallest absolute Gasteiger partial charge is 0.135 e. The predicted molar refractivity (Wildman–Crippen MR) is 252 cm³/mol. The lowest BCUT2D eigenvalue weighted by molar-refractivity contribution is 0.669. The molecule has 2 aromatic heterocycles. The second-order valence-electron chi connectivity index (χ2n) is 15.6. The Morgan fingerprint density at radius 1 is 0.383 bits per heavy atom. The number of anilines is 3. The molecule has 0 aliphatic heterocycles. The summed E-state index contributed by atoms with van der Waals surface area (Å²) >= 11 is 1.91. The Bertz CT molecular complexity index is 3310. The van der Waals surface area contributed by atoms with Crippen LogP contribution in [0, 0.1) is 0 Å². The topological polar surface area (TPSA) is 16.4 Å². The van der Waals surface area contributed by atoms with Gasteiger partial charge in [-0.25, -0.2) is 0 Å². The number of hydrogen-bond acceptors (Lipinski definition) is 3. The van der Waals surface area contributed by atoms with E-state index < -0.39 is 5.41 Å². The van der Waals surface area contributed by atoms with Crippen molar-refractivity contribution in [1.29, 1.82) is 0 Å². The number of rotatable bonds is 7. The van der Waals surface area contributed by atoms with Crippen molar-refractivity contribution in [3.8, 4) is 32.7 Å². The Labute approximate surface area is 352 Å². The van der Waals surface area contributed by atoms with Crippen LogP contribution in [-0.2, 0) is 5.41 Å². The quantitative estimate of drug-likeness (QED) is 0.160. The number of fused-ring (bicyclic) bond motifs is 8. The van der Waals surface area contributed by atoms with E-state index in [2.05, 4.69) is 217 Å². The molecule has 3 heteroatoms. The van der Waals surface area contributed by atoms with E-state index in [1.165, 1.54) is 53.9 Å². The average Bonchev–Trinajstić information content (AvgIpc) is 3.98. The molecule has 2 nitrogen and oxygen atoms in total. The lowest BCUT2D eigenvalue weighted by Gasteiger charge is -2.34. The lowest BCUT2D eigenvalue weighted by Crippen LogP contribution is -2.28. The van der Waals surface area contributed by atoms with E-state index in [0.29, 0.717) is 0 Å². The molecule has 0 saturated heterocycles. The molecule has 1 aliphatic carbocycles. The van der Waals surface area contributed by atoms with Crippen LogP contribution in [0.1, 0.15) is 22.3 Å². The van der Waals surface area contributed by atoms with Crippen molar-refractivity contribution in [3.63, 3.8) is 0 Å². The van der Waals surface area contributed by atoms with Crippen molar-refractivity contribution < 1.29 is 4.42 Å². The monoisotopic (exact) mass is 783 g/mol. The summed E-state index contributed by atoms with van der Waals surface area (Å²) in [5.41, 5.74) is 16.0. The minimum Gasteiger partial charge on any atom is -0.456 e. The zero-order valence-electron chi connectivity index (χ0n) is 32.6. The summed E-state index contributed by atoms with van der Waals surface area (Å²) in [6.45, 7) is 0. The van der Waals surface area contributed by atoms with Crippen molar-refractivity contribution in [2.24, 2.45) is 0 Å². The van der Waals surface area contributed by atoms with Gasteiger partial charge in [0.25, 0.3) is 0 Å². The molecule has 0 radical (unpaired) electrons. The Morgan fingerprint density at radius 2 is 0.883 bits per heavy atom. The first-order valence-corrected chi connectivity index (χ1v) is 21.3. The van der Waals surface area contributed by atoms with Crippen molar-refractivity contribution in [2.75, 3.05) is 4.90 Å². The normalized spacial score (nSPS) is 12.8. The van der Waals surface area contributed by atoms with Gasteiger partial charge in [-0.2, -0.15) is 0 Å². The number of para-hydroxylation sites is 2. The number of furan rings is 1. The summed E-state index contributed by atoms with van der Waals surface area (Å²) in [4.78, 5) is 3.70. The van der Waals surface area contributed by atoms with E-state index in [1.54, 1.807) is 0 Å². The van der Waals surface area contributed by atoms with Gasteiger partial charge in [-0.15, -0.1) is 11.3 Å². The van der Waals surface area contributed by atoms with Crippen LogP contribution in [0.2, 0.25) is 0 Å². The second-order valence-corrected chi connectivity index (χ2v) is 16.7. The lowest BCUT2D eigenvalue weighted by atomic mass is 9.67. The zero-order chi connectivity index (χ0) is 39.6. The summed E-state index contributed by atoms with van der Waals surface area (Å²) in [6, 6.07) is 81.6. The summed E-state index contributed by atoms with van der Waals surface area (Å²) in [6.07, 6.45) is 0. The molecule has 9 aromatic carbocycles. The molecular formula is C57H37NOS. The molecule has 0 atom stereocenters. The third kappa shape index (κ3) is 5.33. The molecule has 0 amide bonds. The Hall–Kier alpha value is -7.46. The van der Waals surface area contributed by atoms with E-state index >= 15 is 0 Å². The highest BCUT2D eigenvalue weighted by molar-refractivity contribution is 7.22. The highest BCUT2D eigenvalue weighted by atomic mass is 32.1. The first-order chi connectivity index (χ1) is 29.7. The molecular weight excluding hydrogens is 747 g/mol. The van der Waals surface area contributed by atoms with Gasteiger partial charge >= 0.3 is 0 Å². The first kappa shape index (κ1) is 34.6. The molecule has 11 aromatic rings. The number of thiophene rings is 1. The average molecular weight is 784 g/mol. The fourth-order valence-corrected chi connectivity index (χ4v) is 11.0. The van der Waals surface area contributed by atoms with Crippen molar-refractivity contribution in [1.82, 2.24) is 0 Å². The number of nitrogens with zero attached hydrogens (tertiary/aromatic N) is 1. The van der Waals surface area contributed by atoms with Crippen LogP contribution in [0.3, 0.4) is 0 Å². The molecule has 0 fully saturated rings. The van der Waals surface area contributed by atoms with E-state index in [-0.39, 0.29) is 0 Å². The van der Waals surface area contributed by atoms with Crippen LogP contribution in [0.25, 0.3) is 64.7 Å². The first-order valence-electron chi connectivity index (χ1n) is 20.5. The van der Waals surface area contributed by atoms with Gasteiger partial charge in [0.2, 0.25) is 0 Å². The standard InChI is InChI=1S/C57H37NOS/c1-4-14-42(15-5-1)57(43-16-6-2-7-17-43)51-37-41(28-34-48(51)56-55(57)49-21-11-13-23-54(49)60-56)39-26-32-46(33-27-39)58(44-18-8-3-9-19-44)45-30-24-38(25-31-45)40-29-35-53-50(36-40)47-20-10-12-22-52(47)59-53/h1-37H. The molecule has 2 heterocycles. The third-order valence-corrected chi connectivity index (χ3v) is 13.6. The summed E-state index contributed by atoms with van der Waals surface area (Å²) in [7, 11) is 0. The molecule has 282 valence electrons. The van der Waals surface area contributed by atoms with E-state index in [1.807, 2.05) is 23.5 Å². The van der Waals surface area contributed by atoms with Gasteiger partial charge in [0, 0.05) is 37.4 Å². The molecule has 0 bridgehead atoms. The Balaban J connectivity index is 0.945. The van der Waals surface area contributed by atoms with Crippen LogP contribution >= 0.6 is 11.3 Å². The minimum absolute atomic E-state index is 0.461. The van der Waals surface area contributed by atoms with Crippen LogP contribution in [0.4, 0.5) is 17.1 Å². The fraction of sp³-hybridized carbons (Fsp3) is 0.0175. The molecule has 0 saturated carbocycles. The molecule has 0 N–H and O–H groups in total. The maximum absolute atomic E-state index is 6.11. The Morgan fingerprint density at radius 3 is 1.55 bits per heavy atom. The minimum atomic E-state index is -0.461. The van der Waals surface area contributed by atoms with Crippen LogP contribution in [-0.4, -0.2) is 0 Å². The molecule has 0 spiro atoms. The second kappa shape index (κ2) is 13.8. The summed E-state index contributed by atoms with van der Waals surface area (Å²) in [5, 5.41) is 3.60. The maximum atomic E-state index is 6.11. The van der Waals surface area contributed by atoms with Crippen molar-refractivity contribution in [3.05, 3.63) is 247 Å². The summed E-state index contributed by atoms with van der Waals surface area (Å²) < 4.78 is 7.44. The van der Waals surface area contributed by atoms with Gasteiger partial charge in [-0.3, -0.25) is 0 Å². The molecule has 0 unspecified atom stereocenters. The van der Waals surface area contributed by atoms with Crippen LogP contribution in [0.5, 0.6) is 0 Å². The van der Waals surface area contributed by atoms with Gasteiger partial charge in [-0.05, 0) is 122 Å². The van der Waals surface area contributed by atoms with Crippen molar-refractivity contribution >= 4 is 60.4 Å². The number of benzene rings is 9. The molecule has 60 heavy (non-hydrogen) atoms. The largest absolute Gasteiger partial charge is 0.456 e. The van der Waals surface area contributed by atoms with Gasteiger partial charge in [-0.1, -0.05) is 158 Å². The third-order valence-electron chi connectivity index (χ3n) is 12.4. The highest BCUT2D eigenvalue weighted by Crippen LogP contribution is 2.61. The molecule has 12 rings (SSSR count).